The molecular weight excluding hydrogens is 486 g/mol. The molecule has 0 bridgehead atoms. The molecule has 1 fully saturated rings. The number of nitrogens with one attached hydrogen (secondary N) is 1. The number of aromatic nitrogens is 2. The predicted molar refractivity (Wildman–Crippen MR) is 143 cm³/mol. The molecule has 38 heavy (non-hydrogen) atoms. The summed E-state index contributed by atoms with van der Waals surface area (Å²) >= 11 is 0. The Morgan fingerprint density at radius 2 is 1.61 bits per heavy atom. The number of fused-ring (bicyclic) bond motifs is 1. The number of benzene rings is 3. The van der Waals surface area contributed by atoms with Gasteiger partial charge >= 0.3 is 5.69 Å². The van der Waals surface area contributed by atoms with Crippen molar-refractivity contribution in [1.82, 2.24) is 19.4 Å². The first-order valence-corrected chi connectivity index (χ1v) is 12.5. The lowest BCUT2D eigenvalue weighted by molar-refractivity contribution is 0.0383. The molecule has 10 heteroatoms. The van der Waals surface area contributed by atoms with Crippen LogP contribution in [0.25, 0.3) is 21.8 Å². The zero-order chi connectivity index (χ0) is 26.6. The number of imide groups is 1. The number of carbonyl (C=O) groups excluding carboxylic acids is 3. The Morgan fingerprint density at radius 3 is 2.37 bits per heavy atom. The fraction of sp³-hybridized carbons (Fsp3) is 0.286. The predicted octanol–water partition coefficient (Wildman–Crippen LogP) is 1.89. The molecule has 3 aromatic carbocycles. The van der Waals surface area contributed by atoms with E-state index in [2.05, 4.69) is 10.2 Å². The summed E-state index contributed by atoms with van der Waals surface area (Å²) in [5.41, 5.74) is 2.61. The number of carbonyl (C=O) groups is 3. The van der Waals surface area contributed by atoms with Crippen LogP contribution in [-0.2, 0) is 18.8 Å². The number of nitrogens with zero attached hydrogens (tertiary/aromatic N) is 4. The molecule has 3 amide bonds. The summed E-state index contributed by atoms with van der Waals surface area (Å²) in [7, 11) is 3.33. The third-order valence-electron chi connectivity index (χ3n) is 7.48. The van der Waals surface area contributed by atoms with E-state index in [1.54, 1.807) is 62.6 Å². The van der Waals surface area contributed by atoms with Crippen molar-refractivity contribution in [2.24, 2.45) is 14.1 Å². The zero-order valence-electron chi connectivity index (χ0n) is 21.2. The first-order valence-electron chi connectivity index (χ1n) is 12.5. The molecule has 1 N–H and O–H groups in total. The summed E-state index contributed by atoms with van der Waals surface area (Å²) in [6.07, 6.45) is 0. The van der Waals surface area contributed by atoms with E-state index >= 15 is 0 Å². The molecule has 1 aromatic heterocycles. The number of hydrogen-bond acceptors (Lipinski definition) is 6. The second-order valence-corrected chi connectivity index (χ2v) is 9.62. The maximum absolute atomic E-state index is 13.7. The van der Waals surface area contributed by atoms with Gasteiger partial charge in [0.05, 0.1) is 29.9 Å². The van der Waals surface area contributed by atoms with E-state index in [0.29, 0.717) is 63.9 Å². The van der Waals surface area contributed by atoms with Gasteiger partial charge in [0.25, 0.3) is 17.7 Å². The smallest absolute Gasteiger partial charge is 0.328 e. The summed E-state index contributed by atoms with van der Waals surface area (Å²) < 4.78 is 8.36. The first kappa shape index (κ1) is 24.1. The van der Waals surface area contributed by atoms with Crippen LogP contribution in [0.5, 0.6) is 0 Å². The van der Waals surface area contributed by atoms with Gasteiger partial charge in [0.15, 0.2) is 0 Å². The fourth-order valence-corrected chi connectivity index (χ4v) is 5.41. The lowest BCUT2D eigenvalue weighted by Crippen LogP contribution is -2.41. The van der Waals surface area contributed by atoms with Gasteiger partial charge in [-0.3, -0.25) is 28.4 Å². The van der Waals surface area contributed by atoms with Crippen molar-refractivity contribution < 1.29 is 19.1 Å². The lowest BCUT2D eigenvalue weighted by Gasteiger charge is -2.28. The molecule has 0 radical (unpaired) electrons. The van der Waals surface area contributed by atoms with E-state index in [4.69, 9.17) is 4.74 Å². The van der Waals surface area contributed by atoms with Crippen molar-refractivity contribution >= 4 is 45.2 Å². The standard InChI is InChI=1S/C28H27N5O5/c1-30-22-9-6-17(16-23(22)31(2)28(30)37)33-26(35)20-5-3-4-18-19(7-8-21(24(18)20)27(33)36)25(34)29-10-11-32-12-14-38-15-13-32/h3-9,16H,10-15H2,1-2H3,(H,29,34). The van der Waals surface area contributed by atoms with Gasteiger partial charge in [-0.1, -0.05) is 12.1 Å². The Balaban J connectivity index is 1.33. The average Bonchev–Trinajstić information content (AvgIpc) is 3.15. The fourth-order valence-electron chi connectivity index (χ4n) is 5.41. The Bertz CT molecular complexity index is 1670. The van der Waals surface area contributed by atoms with Gasteiger partial charge < -0.3 is 10.1 Å². The van der Waals surface area contributed by atoms with Crippen molar-refractivity contribution in [1.29, 1.82) is 0 Å². The van der Waals surface area contributed by atoms with Crippen molar-refractivity contribution in [3.8, 4) is 0 Å². The van der Waals surface area contributed by atoms with Crippen LogP contribution in [0, 0.1) is 0 Å². The number of ether oxygens (including phenoxy) is 1. The monoisotopic (exact) mass is 513 g/mol. The molecular formula is C28H27N5O5. The Kier molecular flexibility index (Phi) is 5.85. The SMILES string of the molecule is Cn1c(=O)n(C)c2cc(N3C(=O)c4cccc5c(C(=O)NCCN6CCOCC6)ccc(c45)C3=O)ccc21. The molecule has 0 aliphatic carbocycles. The quantitative estimate of drug-likeness (QED) is 0.409. The van der Waals surface area contributed by atoms with Crippen molar-refractivity contribution in [3.63, 3.8) is 0 Å². The van der Waals surface area contributed by atoms with Crippen molar-refractivity contribution in [3.05, 3.63) is 75.7 Å². The normalized spacial score (nSPS) is 16.0. The highest BCUT2D eigenvalue weighted by Gasteiger charge is 2.35. The number of morpholine rings is 1. The molecule has 3 heterocycles. The minimum Gasteiger partial charge on any atom is -0.379 e. The Labute approximate surface area is 218 Å². The topological polar surface area (TPSA) is 106 Å². The minimum absolute atomic E-state index is 0.195. The second kappa shape index (κ2) is 9.23. The van der Waals surface area contributed by atoms with E-state index in [0.717, 1.165) is 24.5 Å². The van der Waals surface area contributed by atoms with Crippen LogP contribution in [0.4, 0.5) is 5.69 Å². The van der Waals surface area contributed by atoms with Gasteiger partial charge in [-0.15, -0.1) is 0 Å². The minimum atomic E-state index is -0.474. The number of amides is 3. The van der Waals surface area contributed by atoms with Crippen LogP contribution in [0.2, 0.25) is 0 Å². The van der Waals surface area contributed by atoms with Crippen LogP contribution < -0.4 is 15.9 Å². The van der Waals surface area contributed by atoms with Crippen LogP contribution in [-0.4, -0.2) is 71.1 Å². The summed E-state index contributed by atoms with van der Waals surface area (Å²) in [5, 5.41) is 4.01. The molecule has 10 nitrogen and oxygen atoms in total. The third-order valence-corrected chi connectivity index (χ3v) is 7.48. The van der Waals surface area contributed by atoms with E-state index in [1.165, 1.54) is 9.13 Å². The van der Waals surface area contributed by atoms with E-state index in [1.807, 2.05) is 0 Å². The molecule has 2 aliphatic rings. The lowest BCUT2D eigenvalue weighted by atomic mass is 9.90. The van der Waals surface area contributed by atoms with Gasteiger partial charge in [-0.2, -0.15) is 0 Å². The molecule has 194 valence electrons. The Hall–Kier alpha value is -4.28. The van der Waals surface area contributed by atoms with Crippen LogP contribution in [0.1, 0.15) is 31.1 Å². The Morgan fingerprint density at radius 1 is 0.895 bits per heavy atom. The van der Waals surface area contributed by atoms with Crippen molar-refractivity contribution in [2.45, 2.75) is 0 Å². The van der Waals surface area contributed by atoms with Gasteiger partial charge in [-0.25, -0.2) is 9.69 Å². The number of anilines is 1. The molecule has 4 aromatic rings. The molecule has 0 unspecified atom stereocenters. The average molecular weight is 514 g/mol. The highest BCUT2D eigenvalue weighted by molar-refractivity contribution is 6.36. The largest absolute Gasteiger partial charge is 0.379 e. The van der Waals surface area contributed by atoms with Crippen LogP contribution in [0.15, 0.2) is 53.3 Å². The van der Waals surface area contributed by atoms with Crippen molar-refractivity contribution in [2.75, 3.05) is 44.3 Å². The molecule has 0 saturated carbocycles. The molecule has 1 saturated heterocycles. The summed E-state index contributed by atoms with van der Waals surface area (Å²) in [5.74, 6) is -1.20. The summed E-state index contributed by atoms with van der Waals surface area (Å²) in [6.45, 7) is 4.27. The number of aryl methyl sites for hydroxylation is 2. The van der Waals surface area contributed by atoms with E-state index < -0.39 is 11.8 Å². The van der Waals surface area contributed by atoms with E-state index in [-0.39, 0.29) is 11.6 Å². The highest BCUT2D eigenvalue weighted by atomic mass is 16.5. The number of hydrogen-bond donors (Lipinski definition) is 1. The molecule has 6 rings (SSSR count). The highest BCUT2D eigenvalue weighted by Crippen LogP contribution is 2.35. The van der Waals surface area contributed by atoms with Gasteiger partial charge in [0.1, 0.15) is 0 Å². The van der Waals surface area contributed by atoms with Gasteiger partial charge in [0.2, 0.25) is 0 Å². The van der Waals surface area contributed by atoms with Gasteiger partial charge in [-0.05, 0) is 41.8 Å². The van der Waals surface area contributed by atoms with Gasteiger partial charge in [0, 0.05) is 62.4 Å². The number of imidazole rings is 1. The zero-order valence-corrected chi connectivity index (χ0v) is 21.2. The molecule has 0 spiro atoms. The number of rotatable bonds is 5. The maximum Gasteiger partial charge on any atom is 0.328 e. The maximum atomic E-state index is 13.7. The van der Waals surface area contributed by atoms with Crippen LogP contribution in [0.3, 0.4) is 0 Å². The summed E-state index contributed by atoms with van der Waals surface area (Å²) in [4.78, 5) is 56.1. The summed E-state index contributed by atoms with van der Waals surface area (Å²) in [6, 6.07) is 13.5. The van der Waals surface area contributed by atoms with E-state index in [9.17, 15) is 19.2 Å². The first-order chi connectivity index (χ1) is 18.4. The second-order valence-electron chi connectivity index (χ2n) is 9.62. The third kappa shape index (κ3) is 3.72. The molecule has 0 atom stereocenters. The molecule has 2 aliphatic heterocycles. The van der Waals surface area contributed by atoms with Crippen LogP contribution >= 0.6 is 0 Å².